The van der Waals surface area contributed by atoms with E-state index in [1.807, 2.05) is 29.6 Å². The molecule has 0 spiro atoms. The number of anilines is 3. The van der Waals surface area contributed by atoms with Crippen molar-refractivity contribution in [2.75, 3.05) is 10.6 Å². The van der Waals surface area contributed by atoms with Gasteiger partial charge in [-0.15, -0.1) is 11.3 Å². The fourth-order valence-electron chi connectivity index (χ4n) is 2.58. The normalized spacial score (nSPS) is 10.8. The molecule has 0 fully saturated rings. The van der Waals surface area contributed by atoms with Gasteiger partial charge in [0.1, 0.15) is 5.82 Å². The monoisotopic (exact) mass is 369 g/mol. The van der Waals surface area contributed by atoms with Gasteiger partial charge < -0.3 is 10.6 Å². The molecule has 2 aromatic carbocycles. The molecular weight excluding hydrogens is 349 g/mol. The zero-order valence-electron chi connectivity index (χ0n) is 14.6. The molecule has 1 amide bonds. The Labute approximate surface area is 156 Å². The number of aromatic nitrogens is 1. The Bertz CT molecular complexity index is 890. The number of amides is 1. The van der Waals surface area contributed by atoms with Gasteiger partial charge in [0.15, 0.2) is 5.13 Å². The quantitative estimate of drug-likeness (QED) is 0.617. The van der Waals surface area contributed by atoms with Crippen LogP contribution in [0.4, 0.5) is 20.9 Å². The molecule has 0 saturated heterocycles. The Balaban J connectivity index is 1.62. The molecule has 0 atom stereocenters. The van der Waals surface area contributed by atoms with Crippen LogP contribution in [0.2, 0.25) is 0 Å². The summed E-state index contributed by atoms with van der Waals surface area (Å²) in [5.41, 5.74) is 3.40. The lowest BCUT2D eigenvalue weighted by Gasteiger charge is -2.13. The fourth-order valence-corrected chi connectivity index (χ4v) is 3.31. The van der Waals surface area contributed by atoms with Gasteiger partial charge in [-0.05, 0) is 41.8 Å². The summed E-state index contributed by atoms with van der Waals surface area (Å²) in [6.07, 6.45) is 0.202. The van der Waals surface area contributed by atoms with Crippen molar-refractivity contribution in [3.63, 3.8) is 0 Å². The van der Waals surface area contributed by atoms with Crippen LogP contribution in [0.25, 0.3) is 0 Å². The average molecular weight is 369 g/mol. The first kappa shape index (κ1) is 18.1. The molecule has 3 aromatic rings. The molecule has 1 aromatic heterocycles. The Morgan fingerprint density at radius 2 is 1.88 bits per heavy atom. The first-order valence-corrected chi connectivity index (χ1v) is 9.25. The lowest BCUT2D eigenvalue weighted by Crippen LogP contribution is -2.16. The number of halogens is 1. The maximum Gasteiger partial charge on any atom is 0.230 e. The van der Waals surface area contributed by atoms with Gasteiger partial charge in [-0.25, -0.2) is 9.37 Å². The van der Waals surface area contributed by atoms with Gasteiger partial charge in [-0.2, -0.15) is 0 Å². The second-order valence-electron chi connectivity index (χ2n) is 6.24. The minimum atomic E-state index is -0.284. The molecule has 0 radical (unpaired) electrons. The number of benzene rings is 2. The summed E-state index contributed by atoms with van der Waals surface area (Å²) in [5.74, 6) is -0.0530. The summed E-state index contributed by atoms with van der Waals surface area (Å²) in [7, 11) is 0. The Morgan fingerprint density at radius 3 is 2.62 bits per heavy atom. The number of rotatable bonds is 6. The van der Waals surface area contributed by atoms with Crippen LogP contribution in [0.3, 0.4) is 0 Å². The molecule has 134 valence electrons. The smallest absolute Gasteiger partial charge is 0.230 e. The van der Waals surface area contributed by atoms with Gasteiger partial charge >= 0.3 is 0 Å². The van der Waals surface area contributed by atoms with Crippen LogP contribution in [0.15, 0.2) is 53.9 Å². The SMILES string of the molecule is CC(C)c1ccccc1NC(=O)Cc1csc(Nc2ccc(F)cc2)n1. The van der Waals surface area contributed by atoms with Gasteiger partial charge in [0.2, 0.25) is 5.91 Å². The van der Waals surface area contributed by atoms with Crippen LogP contribution >= 0.6 is 11.3 Å². The number of hydrogen-bond donors (Lipinski definition) is 2. The molecular formula is C20H20FN3OS. The van der Waals surface area contributed by atoms with Gasteiger partial charge in [0.25, 0.3) is 0 Å². The largest absolute Gasteiger partial charge is 0.332 e. The average Bonchev–Trinajstić information content (AvgIpc) is 3.04. The van der Waals surface area contributed by atoms with E-state index in [0.717, 1.165) is 16.9 Å². The first-order chi connectivity index (χ1) is 12.5. The van der Waals surface area contributed by atoms with E-state index in [4.69, 9.17) is 0 Å². The topological polar surface area (TPSA) is 54.0 Å². The molecule has 26 heavy (non-hydrogen) atoms. The molecule has 0 aliphatic carbocycles. The van der Waals surface area contributed by atoms with Gasteiger partial charge in [-0.1, -0.05) is 32.0 Å². The number of nitrogens with one attached hydrogen (secondary N) is 2. The van der Waals surface area contributed by atoms with Crippen molar-refractivity contribution < 1.29 is 9.18 Å². The van der Waals surface area contributed by atoms with E-state index < -0.39 is 0 Å². The van der Waals surface area contributed by atoms with Gasteiger partial charge in [0, 0.05) is 16.8 Å². The number of thiazole rings is 1. The summed E-state index contributed by atoms with van der Waals surface area (Å²) in [6, 6.07) is 13.9. The molecule has 0 aliphatic heterocycles. The summed E-state index contributed by atoms with van der Waals surface area (Å²) >= 11 is 1.41. The Hall–Kier alpha value is -2.73. The Kier molecular flexibility index (Phi) is 5.63. The fraction of sp³-hybridized carbons (Fsp3) is 0.200. The molecule has 0 unspecified atom stereocenters. The van der Waals surface area contributed by atoms with Gasteiger partial charge in [-0.3, -0.25) is 4.79 Å². The van der Waals surface area contributed by atoms with Crippen molar-refractivity contribution in [2.45, 2.75) is 26.2 Å². The third-order valence-corrected chi connectivity index (χ3v) is 4.65. The van der Waals surface area contributed by atoms with Crippen molar-refractivity contribution in [1.82, 2.24) is 4.98 Å². The third kappa shape index (κ3) is 4.67. The summed E-state index contributed by atoms with van der Waals surface area (Å²) in [5, 5.41) is 8.59. The number of hydrogen-bond acceptors (Lipinski definition) is 4. The summed E-state index contributed by atoms with van der Waals surface area (Å²) < 4.78 is 12.9. The van der Waals surface area contributed by atoms with Crippen LogP contribution in [0.5, 0.6) is 0 Å². The molecule has 6 heteroatoms. The van der Waals surface area contributed by atoms with Crippen molar-refractivity contribution in [3.8, 4) is 0 Å². The van der Waals surface area contributed by atoms with Crippen LogP contribution < -0.4 is 10.6 Å². The van der Waals surface area contributed by atoms with E-state index in [9.17, 15) is 9.18 Å². The third-order valence-electron chi connectivity index (χ3n) is 3.85. The summed E-state index contributed by atoms with van der Waals surface area (Å²) in [4.78, 5) is 16.8. The molecule has 1 heterocycles. The molecule has 0 saturated carbocycles. The van der Waals surface area contributed by atoms with Crippen molar-refractivity contribution >= 4 is 33.8 Å². The predicted molar refractivity (Wildman–Crippen MR) is 105 cm³/mol. The zero-order chi connectivity index (χ0) is 18.5. The maximum absolute atomic E-state index is 12.9. The van der Waals surface area contributed by atoms with Crippen LogP contribution in [0.1, 0.15) is 31.0 Å². The van der Waals surface area contributed by atoms with Crippen molar-refractivity contribution in [3.05, 3.63) is 71.0 Å². The second-order valence-corrected chi connectivity index (χ2v) is 7.10. The lowest BCUT2D eigenvalue weighted by atomic mass is 10.0. The van der Waals surface area contributed by atoms with Crippen LogP contribution in [-0.4, -0.2) is 10.9 Å². The highest BCUT2D eigenvalue weighted by atomic mass is 32.1. The lowest BCUT2D eigenvalue weighted by molar-refractivity contribution is -0.115. The molecule has 0 aliphatic rings. The minimum Gasteiger partial charge on any atom is -0.332 e. The first-order valence-electron chi connectivity index (χ1n) is 8.37. The highest BCUT2D eigenvalue weighted by Gasteiger charge is 2.11. The number of carbonyl (C=O) groups excluding carboxylic acids is 1. The zero-order valence-corrected chi connectivity index (χ0v) is 15.4. The maximum atomic E-state index is 12.9. The molecule has 4 nitrogen and oxygen atoms in total. The summed E-state index contributed by atoms with van der Waals surface area (Å²) in [6.45, 7) is 4.19. The number of nitrogens with zero attached hydrogens (tertiary/aromatic N) is 1. The number of para-hydroxylation sites is 1. The van der Waals surface area contributed by atoms with E-state index in [1.165, 1.54) is 23.5 Å². The van der Waals surface area contributed by atoms with E-state index in [1.54, 1.807) is 12.1 Å². The number of carbonyl (C=O) groups is 1. The highest BCUT2D eigenvalue weighted by molar-refractivity contribution is 7.13. The van der Waals surface area contributed by atoms with E-state index in [-0.39, 0.29) is 18.1 Å². The van der Waals surface area contributed by atoms with Crippen molar-refractivity contribution in [2.24, 2.45) is 0 Å². The Morgan fingerprint density at radius 1 is 1.15 bits per heavy atom. The minimum absolute atomic E-state index is 0.100. The van der Waals surface area contributed by atoms with E-state index in [2.05, 4.69) is 29.5 Å². The standard InChI is InChI=1S/C20H20FN3OS/c1-13(2)17-5-3-4-6-18(17)24-19(25)11-16-12-26-20(23-16)22-15-9-7-14(21)8-10-15/h3-10,12-13H,11H2,1-2H3,(H,22,23)(H,24,25). The van der Waals surface area contributed by atoms with E-state index in [0.29, 0.717) is 16.7 Å². The predicted octanol–water partition coefficient (Wildman–Crippen LogP) is 5.33. The molecule has 3 rings (SSSR count). The van der Waals surface area contributed by atoms with E-state index >= 15 is 0 Å². The molecule has 0 bridgehead atoms. The van der Waals surface area contributed by atoms with Crippen molar-refractivity contribution in [1.29, 1.82) is 0 Å². The highest BCUT2D eigenvalue weighted by Crippen LogP contribution is 2.25. The molecule has 2 N–H and O–H groups in total. The van der Waals surface area contributed by atoms with Crippen LogP contribution in [-0.2, 0) is 11.2 Å². The second kappa shape index (κ2) is 8.10. The van der Waals surface area contributed by atoms with Crippen LogP contribution in [0, 0.1) is 5.82 Å². The van der Waals surface area contributed by atoms with Gasteiger partial charge in [0.05, 0.1) is 12.1 Å².